The fourth-order valence-corrected chi connectivity index (χ4v) is 5.06. The predicted octanol–water partition coefficient (Wildman–Crippen LogP) is -0.418. The second kappa shape index (κ2) is 137. The summed E-state index contributed by atoms with van der Waals surface area (Å²) in [4.78, 5) is 2.06. The number of nitrogens with one attached hydrogen (secondary N) is 3. The van der Waals surface area contributed by atoms with E-state index in [2.05, 4.69) is 118 Å². The third kappa shape index (κ3) is 149. The molecule has 13 N–H and O–H groups in total. The molecular weight excluding hydrogens is 1760 g/mol. The maximum absolute atomic E-state index is 8.90. The standard InChI is InChI=1S/C10H24N2O2.4C8H12.C4H12N2.C3H10N2.C2H8N2.8CH3.4ClH.4Ir/c1-3-9(7-13)11-5-6-12-10(4-2)8-14;4*1-2-4-6-8-7-5-3-1;1-6(2)4-3-5;1-5-3-2-4;3-1-2-4;;;;;;;;;;;;;;;;/h9-14H,3-8H2,1-2H3;4*1-2,7-8H,3-6H2;3-5H2,1-2H3;5H,2-4H2,1H3;1-4H2;8*1H3;4*1H;;;;/q;;;;;;;;8*-1;;;;;;;;/p-4/b;4*2-1-,8-7?;;;;;;;;;;;;;;;;;;;. The van der Waals surface area contributed by atoms with Crippen LogP contribution in [0, 0.1) is 59.4 Å². The summed E-state index contributed by atoms with van der Waals surface area (Å²) >= 11 is 0. The van der Waals surface area contributed by atoms with Crippen LogP contribution in [-0.4, -0.2) is 114 Å². The van der Waals surface area contributed by atoms with Gasteiger partial charge in [0.05, 0.1) is 13.2 Å². The average molecular weight is 1890 g/mol. The summed E-state index contributed by atoms with van der Waals surface area (Å²) in [6.07, 6.45) is 57.9. The third-order valence-electron chi connectivity index (χ3n) is 8.89. The number of halogens is 4. The van der Waals surface area contributed by atoms with Crippen molar-refractivity contribution in [1.29, 1.82) is 0 Å². The summed E-state index contributed by atoms with van der Waals surface area (Å²) in [5.74, 6) is 0. The van der Waals surface area contributed by atoms with Gasteiger partial charge in [-0.05, 0) is 137 Å². The van der Waals surface area contributed by atoms with E-state index in [1.54, 1.807) is 0 Å². The Balaban J connectivity index is -0.0000000265. The summed E-state index contributed by atoms with van der Waals surface area (Å²) in [6.45, 7) is 10.7. The van der Waals surface area contributed by atoms with Crippen LogP contribution >= 0.6 is 0 Å². The number of aliphatic hydroxyl groups excluding tert-OH is 2. The maximum atomic E-state index is 8.90. The molecule has 2 unspecified atom stereocenters. The van der Waals surface area contributed by atoms with E-state index in [1.165, 1.54) is 103 Å². The first-order valence-electron chi connectivity index (χ1n) is 23.9. The van der Waals surface area contributed by atoms with Crippen LogP contribution in [0.25, 0.3) is 0 Å². The molecule has 0 saturated carbocycles. The van der Waals surface area contributed by atoms with Crippen LogP contribution in [0.2, 0.25) is 0 Å². The molecule has 77 heavy (non-hydrogen) atoms. The molecule has 4 aliphatic carbocycles. The average Bonchev–Trinajstić information content (AvgIpc) is 3.20. The van der Waals surface area contributed by atoms with Crippen molar-refractivity contribution in [3.05, 3.63) is 157 Å². The molecule has 0 aromatic carbocycles. The molecule has 0 bridgehead atoms. The van der Waals surface area contributed by atoms with Crippen LogP contribution < -0.4 is 88.5 Å². The van der Waals surface area contributed by atoms with Gasteiger partial charge in [0.15, 0.2) is 0 Å². The second-order valence-electron chi connectivity index (χ2n) is 14.9. The molecule has 0 heterocycles. The van der Waals surface area contributed by atoms with Crippen molar-refractivity contribution in [2.45, 2.75) is 142 Å². The fraction of sp³-hybridized carbons (Fsp3) is 0.593. The molecule has 0 aromatic rings. The van der Waals surface area contributed by atoms with Crippen LogP contribution in [0.15, 0.2) is 97.2 Å². The molecular formula is C59H126Cl4Ir4N8O2-12. The van der Waals surface area contributed by atoms with Crippen LogP contribution in [0.3, 0.4) is 0 Å². The zero-order valence-corrected chi connectivity index (χ0v) is 63.8. The number of nitrogens with zero attached hydrogens (tertiary/aromatic N) is 1. The summed E-state index contributed by atoms with van der Waals surface area (Å²) < 4.78 is 0. The van der Waals surface area contributed by atoms with Crippen LogP contribution in [0.4, 0.5) is 0 Å². The Bertz CT molecular complexity index is 829. The van der Waals surface area contributed by atoms with Gasteiger partial charge in [-0.3, -0.25) is 0 Å². The maximum Gasteiger partial charge on any atom is 0.0584 e. The van der Waals surface area contributed by atoms with Crippen molar-refractivity contribution in [2.24, 2.45) is 22.9 Å². The first-order valence-corrected chi connectivity index (χ1v) is 23.9. The van der Waals surface area contributed by atoms with Gasteiger partial charge in [0.2, 0.25) is 0 Å². The van der Waals surface area contributed by atoms with Gasteiger partial charge < -0.3 is 163 Å². The Morgan fingerprint density at radius 2 is 0.545 bits per heavy atom. The molecule has 4 rings (SSSR count). The minimum absolute atomic E-state index is 0. The molecule has 0 aliphatic heterocycles. The van der Waals surface area contributed by atoms with Crippen molar-refractivity contribution in [1.82, 2.24) is 20.9 Å². The van der Waals surface area contributed by atoms with E-state index in [9.17, 15) is 0 Å². The minimum atomic E-state index is 0. The predicted molar refractivity (Wildman–Crippen MR) is 325 cm³/mol. The number of hydrogen-bond donors (Lipinski definition) is 9. The van der Waals surface area contributed by atoms with E-state index in [4.69, 9.17) is 33.1 Å². The topological polar surface area (TPSA) is 184 Å². The number of allylic oxidation sites excluding steroid dienone is 16. The molecule has 2 atom stereocenters. The van der Waals surface area contributed by atoms with Gasteiger partial charge in [-0.25, -0.2) is 0 Å². The van der Waals surface area contributed by atoms with E-state index >= 15 is 0 Å². The smallest absolute Gasteiger partial charge is 0.0584 e. The molecule has 490 valence electrons. The van der Waals surface area contributed by atoms with Crippen molar-refractivity contribution in [2.75, 3.05) is 86.7 Å². The van der Waals surface area contributed by atoms with Crippen LogP contribution in [0.1, 0.15) is 129 Å². The van der Waals surface area contributed by atoms with Crippen molar-refractivity contribution in [3.63, 3.8) is 0 Å². The fourth-order valence-electron chi connectivity index (χ4n) is 5.06. The van der Waals surface area contributed by atoms with Crippen LogP contribution in [0.5, 0.6) is 0 Å². The number of aliphatic hydroxyl groups is 2. The Hall–Kier alpha value is 1.28. The van der Waals surface area contributed by atoms with Crippen molar-refractivity contribution >= 4 is 0 Å². The number of hydrogen-bond acceptors (Lipinski definition) is 10. The van der Waals surface area contributed by atoms with Gasteiger partial charge in [0.1, 0.15) is 0 Å². The molecule has 0 amide bonds. The Kier molecular flexibility index (Phi) is 245. The molecule has 4 aliphatic rings. The first-order chi connectivity index (χ1) is 29.9. The second-order valence-corrected chi connectivity index (χ2v) is 14.9. The summed E-state index contributed by atoms with van der Waals surface area (Å²) in [5, 5.41) is 27.2. The molecule has 4 radical (unpaired) electrons. The van der Waals surface area contributed by atoms with E-state index in [-0.39, 0.29) is 215 Å². The van der Waals surface area contributed by atoms with Gasteiger partial charge in [0.25, 0.3) is 0 Å². The van der Waals surface area contributed by atoms with E-state index in [1.807, 2.05) is 35.0 Å². The SMILES string of the molecule is C1=CCC/C=C\CC1.C1=CCC/C=C\CC1.C1=CCC/C=C\CC1.C1=CCC/C=C\CC1.CCC(CO)NCCNC(CC)CO.CN(C)CCN.CNCCN.NCCN.[CH3-].[CH3-].[CH3-].[CH3-].[CH3-].[CH3-].[CH3-].[CH3-].[Cl-].[Cl-].[Cl-].[Cl-].[Ir].[Ir].[Ir].[Ir]. The zero-order valence-electron chi connectivity index (χ0n) is 51.2. The molecule has 0 aromatic heterocycles. The largest absolute Gasteiger partial charge is 1.00 e. The molecule has 0 saturated heterocycles. The zero-order chi connectivity index (χ0) is 46.0. The van der Waals surface area contributed by atoms with Crippen molar-refractivity contribution < 1.29 is 140 Å². The quantitative estimate of drug-likeness (QED) is 0.0630. The molecule has 10 nitrogen and oxygen atoms in total. The Labute approximate surface area is 563 Å². The number of nitrogens with two attached hydrogens (primary N) is 4. The van der Waals surface area contributed by atoms with Crippen LogP contribution in [-0.2, 0) is 80.4 Å². The summed E-state index contributed by atoms with van der Waals surface area (Å²) in [6, 6.07) is 0.400. The first kappa shape index (κ1) is 138. The van der Waals surface area contributed by atoms with Gasteiger partial charge in [0, 0.05) is 145 Å². The third-order valence-corrected chi connectivity index (χ3v) is 8.89. The molecule has 0 spiro atoms. The van der Waals surface area contributed by atoms with Gasteiger partial charge in [-0.15, -0.1) is 0 Å². The van der Waals surface area contributed by atoms with E-state index in [0.717, 1.165) is 52.1 Å². The van der Waals surface area contributed by atoms with Crippen molar-refractivity contribution in [3.8, 4) is 0 Å². The van der Waals surface area contributed by atoms with Gasteiger partial charge in [-0.2, -0.15) is 0 Å². The monoisotopic (exact) mass is 1890 g/mol. The van der Waals surface area contributed by atoms with E-state index in [0.29, 0.717) is 13.1 Å². The molecule has 18 heteroatoms. The number of rotatable bonds is 14. The Morgan fingerprint density at radius 1 is 0.364 bits per heavy atom. The molecule has 0 fully saturated rings. The van der Waals surface area contributed by atoms with Gasteiger partial charge in [-0.1, -0.05) is 111 Å². The van der Waals surface area contributed by atoms with E-state index < -0.39 is 0 Å². The Morgan fingerprint density at radius 3 is 0.610 bits per heavy atom. The summed E-state index contributed by atoms with van der Waals surface area (Å²) in [7, 11) is 5.90. The normalized spacial score (nSPS) is 14.5. The summed E-state index contributed by atoms with van der Waals surface area (Å²) in [5.41, 5.74) is 20.1. The number of likely N-dealkylation sites (N-methyl/N-ethyl adjacent to an activating group) is 2. The van der Waals surface area contributed by atoms with Gasteiger partial charge >= 0.3 is 0 Å². The minimum Gasteiger partial charge on any atom is -1.00 e.